The van der Waals surface area contributed by atoms with Gasteiger partial charge in [0.05, 0.1) is 17.5 Å². The quantitative estimate of drug-likeness (QED) is 0.774. The van der Waals surface area contributed by atoms with Crippen molar-refractivity contribution in [3.8, 4) is 0 Å². The number of carbonyl (C=O) groups excluding carboxylic acids is 3. The minimum absolute atomic E-state index is 0.0268. The van der Waals surface area contributed by atoms with Crippen molar-refractivity contribution in [2.24, 2.45) is 0 Å². The van der Waals surface area contributed by atoms with Gasteiger partial charge in [-0.2, -0.15) is 0 Å². The number of benzene rings is 1. The van der Waals surface area contributed by atoms with E-state index in [-0.39, 0.29) is 36.7 Å². The van der Waals surface area contributed by atoms with Crippen LogP contribution in [0.3, 0.4) is 0 Å². The lowest BCUT2D eigenvalue weighted by Crippen LogP contribution is -2.36. The second-order valence-electron chi connectivity index (χ2n) is 6.14. The van der Waals surface area contributed by atoms with E-state index in [1.54, 1.807) is 36.8 Å². The summed E-state index contributed by atoms with van der Waals surface area (Å²) < 4.78 is 1.89. The highest BCUT2D eigenvalue weighted by Gasteiger charge is 2.34. The van der Waals surface area contributed by atoms with Gasteiger partial charge in [-0.05, 0) is 25.5 Å². The van der Waals surface area contributed by atoms with Crippen LogP contribution in [0.1, 0.15) is 40.5 Å². The van der Waals surface area contributed by atoms with Crippen molar-refractivity contribution in [2.75, 3.05) is 6.54 Å². The van der Waals surface area contributed by atoms with Gasteiger partial charge in [0.1, 0.15) is 0 Å². The lowest BCUT2D eigenvalue weighted by molar-refractivity contribution is -0.121. The molecule has 1 aliphatic rings. The van der Waals surface area contributed by atoms with E-state index < -0.39 is 0 Å². The zero-order valence-electron chi connectivity index (χ0n) is 14.0. The highest BCUT2D eigenvalue weighted by Crippen LogP contribution is 2.22. The average Bonchev–Trinajstić information content (AvgIpc) is 3.17. The van der Waals surface area contributed by atoms with Crippen LogP contribution in [-0.2, 0) is 11.3 Å². The van der Waals surface area contributed by atoms with Gasteiger partial charge < -0.3 is 9.88 Å². The van der Waals surface area contributed by atoms with E-state index in [0.717, 1.165) is 0 Å². The number of amides is 3. The van der Waals surface area contributed by atoms with Gasteiger partial charge in [-0.25, -0.2) is 4.98 Å². The molecule has 0 saturated heterocycles. The fourth-order valence-corrected chi connectivity index (χ4v) is 2.94. The Kier molecular flexibility index (Phi) is 4.92. The van der Waals surface area contributed by atoms with Crippen molar-refractivity contribution in [3.05, 3.63) is 54.1 Å². The van der Waals surface area contributed by atoms with E-state index in [1.807, 2.05) is 17.7 Å². The largest absolute Gasteiger partial charge is 0.352 e. The van der Waals surface area contributed by atoms with Gasteiger partial charge in [0.2, 0.25) is 5.91 Å². The van der Waals surface area contributed by atoms with Gasteiger partial charge in [-0.15, -0.1) is 0 Å². The third-order valence-corrected chi connectivity index (χ3v) is 4.12. The summed E-state index contributed by atoms with van der Waals surface area (Å²) in [6, 6.07) is 6.76. The first-order valence-corrected chi connectivity index (χ1v) is 8.26. The van der Waals surface area contributed by atoms with Crippen molar-refractivity contribution in [2.45, 2.75) is 32.4 Å². The molecule has 0 bridgehead atoms. The monoisotopic (exact) mass is 340 g/mol. The summed E-state index contributed by atoms with van der Waals surface area (Å²) in [5.74, 6) is -0.659. The van der Waals surface area contributed by atoms with E-state index in [2.05, 4.69) is 10.3 Å². The predicted molar refractivity (Wildman–Crippen MR) is 90.9 cm³/mol. The van der Waals surface area contributed by atoms with E-state index in [0.29, 0.717) is 24.1 Å². The number of nitrogens with zero attached hydrogens (tertiary/aromatic N) is 3. The van der Waals surface area contributed by atoms with Gasteiger partial charge in [-0.3, -0.25) is 19.3 Å². The molecule has 7 nitrogen and oxygen atoms in total. The Labute approximate surface area is 145 Å². The molecular formula is C18H20N4O3. The number of hydrogen-bond donors (Lipinski definition) is 1. The Morgan fingerprint density at radius 2 is 1.88 bits per heavy atom. The number of rotatable bonds is 7. The minimum atomic E-state index is -0.283. The normalized spacial score (nSPS) is 14.5. The molecule has 0 radical (unpaired) electrons. The van der Waals surface area contributed by atoms with Crippen molar-refractivity contribution in [1.29, 1.82) is 0 Å². The number of imidazole rings is 1. The van der Waals surface area contributed by atoms with Crippen LogP contribution in [0.25, 0.3) is 0 Å². The third kappa shape index (κ3) is 3.76. The summed E-state index contributed by atoms with van der Waals surface area (Å²) in [5.41, 5.74) is 0.872. The lowest BCUT2D eigenvalue weighted by Gasteiger charge is -2.16. The van der Waals surface area contributed by atoms with Gasteiger partial charge >= 0.3 is 0 Å². The molecule has 0 aliphatic carbocycles. The smallest absolute Gasteiger partial charge is 0.261 e. The first-order chi connectivity index (χ1) is 12.1. The zero-order chi connectivity index (χ0) is 17.8. The van der Waals surface area contributed by atoms with Crippen molar-refractivity contribution in [3.63, 3.8) is 0 Å². The molecule has 1 aromatic heterocycles. The first-order valence-electron chi connectivity index (χ1n) is 8.26. The van der Waals surface area contributed by atoms with Gasteiger partial charge in [0.15, 0.2) is 0 Å². The molecule has 1 aromatic carbocycles. The first kappa shape index (κ1) is 16.9. The molecule has 25 heavy (non-hydrogen) atoms. The Balaban J connectivity index is 1.45. The van der Waals surface area contributed by atoms with Crippen LogP contribution in [-0.4, -0.2) is 44.8 Å². The molecule has 1 aliphatic heterocycles. The third-order valence-electron chi connectivity index (χ3n) is 4.12. The maximum absolute atomic E-state index is 12.2. The fraction of sp³-hybridized carbons (Fsp3) is 0.333. The molecule has 2 aromatic rings. The van der Waals surface area contributed by atoms with Crippen LogP contribution in [0.2, 0.25) is 0 Å². The van der Waals surface area contributed by atoms with Crippen LogP contribution < -0.4 is 5.32 Å². The van der Waals surface area contributed by atoms with E-state index in [1.165, 1.54) is 4.90 Å². The molecule has 1 N–H and O–H groups in total. The molecule has 0 fully saturated rings. The molecule has 1 atom stereocenters. The molecule has 2 heterocycles. The molecule has 3 amide bonds. The minimum Gasteiger partial charge on any atom is -0.352 e. The maximum atomic E-state index is 12.2. The van der Waals surface area contributed by atoms with Crippen LogP contribution in [0, 0.1) is 0 Å². The summed E-state index contributed by atoms with van der Waals surface area (Å²) in [5, 5.41) is 2.91. The summed E-state index contributed by atoms with van der Waals surface area (Å²) in [6.07, 6.45) is 5.93. The van der Waals surface area contributed by atoms with Gasteiger partial charge in [0, 0.05) is 37.9 Å². The summed E-state index contributed by atoms with van der Waals surface area (Å²) in [7, 11) is 0. The average molecular weight is 340 g/mol. The SMILES string of the molecule is C[C@@H](Cn1ccnc1)NC(=O)CCCN1C(=O)c2ccccc2C1=O. The van der Waals surface area contributed by atoms with Crippen molar-refractivity contribution >= 4 is 17.7 Å². The zero-order valence-corrected chi connectivity index (χ0v) is 14.0. The molecule has 0 saturated carbocycles. The highest BCUT2D eigenvalue weighted by molar-refractivity contribution is 6.21. The predicted octanol–water partition coefficient (Wildman–Crippen LogP) is 1.46. The number of carbonyl (C=O) groups is 3. The number of imide groups is 1. The lowest BCUT2D eigenvalue weighted by atomic mass is 10.1. The van der Waals surface area contributed by atoms with Crippen LogP contribution in [0.4, 0.5) is 0 Å². The fourth-order valence-electron chi connectivity index (χ4n) is 2.94. The van der Waals surface area contributed by atoms with Crippen LogP contribution in [0.15, 0.2) is 43.0 Å². The number of fused-ring (bicyclic) bond motifs is 1. The van der Waals surface area contributed by atoms with Crippen molar-refractivity contribution in [1.82, 2.24) is 19.8 Å². The Hall–Kier alpha value is -2.96. The highest BCUT2D eigenvalue weighted by atomic mass is 16.2. The number of hydrogen-bond acceptors (Lipinski definition) is 4. The van der Waals surface area contributed by atoms with Crippen LogP contribution in [0.5, 0.6) is 0 Å². The molecule has 0 spiro atoms. The summed E-state index contributed by atoms with van der Waals surface area (Å²) in [6.45, 7) is 2.81. The Morgan fingerprint density at radius 3 is 2.48 bits per heavy atom. The topological polar surface area (TPSA) is 84.3 Å². The standard InChI is InChI=1S/C18H20N4O3/c1-13(11-21-10-8-19-12-21)20-16(23)7-4-9-22-17(24)14-5-2-3-6-15(14)18(22)25/h2-3,5-6,8,10,12-13H,4,7,9,11H2,1H3,(H,20,23)/t13-/m0/s1. The molecule has 130 valence electrons. The number of nitrogens with one attached hydrogen (secondary N) is 1. The second kappa shape index (κ2) is 7.29. The van der Waals surface area contributed by atoms with Crippen LogP contribution >= 0.6 is 0 Å². The molecular weight excluding hydrogens is 320 g/mol. The van der Waals surface area contributed by atoms with Gasteiger partial charge in [0.25, 0.3) is 11.8 Å². The Morgan fingerprint density at radius 1 is 1.20 bits per heavy atom. The number of aromatic nitrogens is 2. The van der Waals surface area contributed by atoms with E-state index in [9.17, 15) is 14.4 Å². The van der Waals surface area contributed by atoms with E-state index in [4.69, 9.17) is 0 Å². The second-order valence-corrected chi connectivity index (χ2v) is 6.14. The Bertz CT molecular complexity index is 750. The molecule has 3 rings (SSSR count). The summed E-state index contributed by atoms with van der Waals surface area (Å²) in [4.78, 5) is 41.7. The molecule has 7 heteroatoms. The van der Waals surface area contributed by atoms with Gasteiger partial charge in [-0.1, -0.05) is 12.1 Å². The van der Waals surface area contributed by atoms with Crippen molar-refractivity contribution < 1.29 is 14.4 Å². The maximum Gasteiger partial charge on any atom is 0.261 e. The molecule has 0 unspecified atom stereocenters. The van der Waals surface area contributed by atoms with E-state index >= 15 is 0 Å². The summed E-state index contributed by atoms with van der Waals surface area (Å²) >= 11 is 0.